The molecule has 38 heavy (non-hydrogen) atoms. The number of pyridine rings is 1. The molecule has 0 bridgehead atoms. The number of hydrogen-bond donors (Lipinski definition) is 1. The molecule has 186 valence electrons. The molecule has 0 radical (unpaired) electrons. The zero-order valence-corrected chi connectivity index (χ0v) is 21.8. The average molecular weight is 536 g/mol. The van der Waals surface area contributed by atoms with Crippen molar-refractivity contribution in [3.8, 4) is 11.1 Å². The Morgan fingerprint density at radius 2 is 1.53 bits per heavy atom. The maximum absolute atomic E-state index is 13.7. The zero-order chi connectivity index (χ0) is 26.1. The minimum absolute atomic E-state index is 0.129. The van der Waals surface area contributed by atoms with Crippen molar-refractivity contribution < 1.29 is 0 Å². The summed E-state index contributed by atoms with van der Waals surface area (Å²) in [5, 5.41) is 2.41. The van der Waals surface area contributed by atoms with Crippen LogP contribution in [-0.4, -0.2) is 14.5 Å². The maximum Gasteiger partial charge on any atom is 0.263 e. The molecular weight excluding hydrogens is 514 g/mol. The van der Waals surface area contributed by atoms with Crippen LogP contribution in [-0.2, 0) is 13.0 Å². The highest BCUT2D eigenvalue weighted by Crippen LogP contribution is 2.38. The van der Waals surface area contributed by atoms with Crippen molar-refractivity contribution in [2.75, 3.05) is 0 Å². The Kier molecular flexibility index (Phi) is 6.58. The van der Waals surface area contributed by atoms with Crippen molar-refractivity contribution in [1.82, 2.24) is 14.5 Å². The van der Waals surface area contributed by atoms with Crippen molar-refractivity contribution in [1.29, 1.82) is 0 Å². The summed E-state index contributed by atoms with van der Waals surface area (Å²) in [6.07, 6.45) is 0.656. The van der Waals surface area contributed by atoms with Crippen molar-refractivity contribution in [2.24, 2.45) is 0 Å². The van der Waals surface area contributed by atoms with Crippen LogP contribution in [0, 0.1) is 0 Å². The van der Waals surface area contributed by atoms with E-state index in [9.17, 15) is 9.59 Å². The van der Waals surface area contributed by atoms with Gasteiger partial charge in [0.2, 0.25) is 0 Å². The number of nitrogens with zero attached hydrogens (tertiary/aromatic N) is 2. The molecule has 1 N–H and O–H groups in total. The zero-order valence-electron chi connectivity index (χ0n) is 20.2. The highest BCUT2D eigenvalue weighted by atomic mass is 35.5. The largest absolute Gasteiger partial charge is 0.321 e. The molecule has 0 spiro atoms. The van der Waals surface area contributed by atoms with Gasteiger partial charge < -0.3 is 4.98 Å². The van der Waals surface area contributed by atoms with E-state index in [1.54, 1.807) is 16.7 Å². The van der Waals surface area contributed by atoms with Gasteiger partial charge >= 0.3 is 0 Å². The van der Waals surface area contributed by atoms with Gasteiger partial charge in [-0.15, -0.1) is 0 Å². The normalized spacial score (nSPS) is 11.3. The lowest BCUT2D eigenvalue weighted by Crippen LogP contribution is -2.25. The Bertz CT molecular complexity index is 1900. The Morgan fingerprint density at radius 1 is 0.816 bits per heavy atom. The van der Waals surface area contributed by atoms with Gasteiger partial charge in [-0.05, 0) is 59.6 Å². The van der Waals surface area contributed by atoms with Crippen molar-refractivity contribution in [3.05, 3.63) is 134 Å². The number of H-pyrrole nitrogens is 1. The van der Waals surface area contributed by atoms with Crippen LogP contribution < -0.4 is 11.1 Å². The number of fused-ring (bicyclic) bond motifs is 2. The van der Waals surface area contributed by atoms with Crippen LogP contribution in [0.4, 0.5) is 0 Å². The summed E-state index contributed by atoms with van der Waals surface area (Å²) in [6.45, 7) is 0.432. The smallest absolute Gasteiger partial charge is 0.263 e. The highest BCUT2D eigenvalue weighted by Gasteiger charge is 2.20. The van der Waals surface area contributed by atoms with E-state index in [0.29, 0.717) is 44.5 Å². The van der Waals surface area contributed by atoms with E-state index in [-0.39, 0.29) is 11.1 Å². The molecule has 0 amide bonds. The van der Waals surface area contributed by atoms with Crippen molar-refractivity contribution >= 4 is 45.2 Å². The van der Waals surface area contributed by atoms with Crippen molar-refractivity contribution in [3.63, 3.8) is 0 Å². The van der Waals surface area contributed by atoms with E-state index in [1.807, 2.05) is 91.0 Å². The molecule has 2 heterocycles. The van der Waals surface area contributed by atoms with Crippen LogP contribution in [0.25, 0.3) is 32.9 Å². The first-order valence-corrected chi connectivity index (χ1v) is 13.4. The van der Waals surface area contributed by atoms with Gasteiger partial charge in [0.25, 0.3) is 11.1 Å². The van der Waals surface area contributed by atoms with E-state index in [2.05, 4.69) is 4.98 Å². The third kappa shape index (κ3) is 4.64. The van der Waals surface area contributed by atoms with E-state index in [4.69, 9.17) is 16.6 Å². The predicted molar refractivity (Wildman–Crippen MR) is 155 cm³/mol. The molecule has 0 aliphatic heterocycles. The lowest BCUT2D eigenvalue weighted by molar-refractivity contribution is 0.595. The van der Waals surface area contributed by atoms with Crippen molar-refractivity contribution in [2.45, 2.75) is 23.0 Å². The second-order valence-electron chi connectivity index (χ2n) is 8.92. The molecule has 6 aromatic rings. The molecule has 0 saturated carbocycles. The SMILES string of the molecule is O=c1[nH]c2ccc(Cl)cc2c(-c2ccccc2)c1Sc1nc2ccccc2c(=O)n1CCc1ccccc1. The van der Waals surface area contributed by atoms with Gasteiger partial charge in [0.1, 0.15) is 0 Å². The van der Waals surface area contributed by atoms with Gasteiger partial charge in [-0.1, -0.05) is 84.4 Å². The Morgan fingerprint density at radius 3 is 2.32 bits per heavy atom. The molecule has 0 atom stereocenters. The third-order valence-corrected chi connectivity index (χ3v) is 7.80. The minimum Gasteiger partial charge on any atom is -0.321 e. The number of aromatic amines is 1. The van der Waals surface area contributed by atoms with E-state index in [1.165, 1.54) is 11.8 Å². The Balaban J connectivity index is 1.56. The van der Waals surface area contributed by atoms with Gasteiger partial charge in [0, 0.05) is 28.0 Å². The fourth-order valence-corrected chi connectivity index (χ4v) is 5.89. The number of nitrogens with one attached hydrogen (secondary N) is 1. The average Bonchev–Trinajstić information content (AvgIpc) is 2.94. The molecule has 0 aliphatic rings. The number of aryl methyl sites for hydroxylation is 1. The lowest BCUT2D eigenvalue weighted by Gasteiger charge is -2.16. The molecular formula is C31H22ClN3O2S. The van der Waals surface area contributed by atoms with Crippen LogP contribution in [0.15, 0.2) is 123 Å². The molecule has 0 fully saturated rings. The van der Waals surface area contributed by atoms with Crippen LogP contribution in [0.5, 0.6) is 0 Å². The molecule has 0 unspecified atom stereocenters. The van der Waals surface area contributed by atoms with Gasteiger partial charge in [0.05, 0.1) is 15.8 Å². The van der Waals surface area contributed by atoms with Crippen LogP contribution in [0.1, 0.15) is 5.56 Å². The molecule has 2 aromatic heterocycles. The summed E-state index contributed by atoms with van der Waals surface area (Å²) in [6, 6.07) is 32.5. The quantitative estimate of drug-likeness (QED) is 0.234. The summed E-state index contributed by atoms with van der Waals surface area (Å²) in [5.41, 5.74) is 3.66. The predicted octanol–water partition coefficient (Wildman–Crippen LogP) is 6.95. The molecule has 0 aliphatic carbocycles. The van der Waals surface area contributed by atoms with Crippen LogP contribution in [0.3, 0.4) is 0 Å². The first-order valence-electron chi connectivity index (χ1n) is 12.2. The van der Waals surface area contributed by atoms with Gasteiger partial charge in [0.15, 0.2) is 5.16 Å². The number of hydrogen-bond acceptors (Lipinski definition) is 4. The summed E-state index contributed by atoms with van der Waals surface area (Å²) >= 11 is 7.60. The Hall–Kier alpha value is -4.13. The van der Waals surface area contributed by atoms with E-state index in [0.717, 1.165) is 22.1 Å². The standard InChI is InChI=1S/C31H22ClN3O2S/c32-22-15-16-26-24(19-22)27(21-11-5-2-6-12-21)28(29(36)33-26)38-31-34-25-14-8-7-13-23(25)30(37)35(31)18-17-20-9-3-1-4-10-20/h1-16,19H,17-18H2,(H,33,36). The summed E-state index contributed by atoms with van der Waals surface area (Å²) in [7, 11) is 0. The van der Waals surface area contributed by atoms with Crippen LogP contribution >= 0.6 is 23.4 Å². The van der Waals surface area contributed by atoms with Gasteiger partial charge in [-0.25, -0.2) is 4.98 Å². The number of para-hydroxylation sites is 1. The molecule has 7 heteroatoms. The topological polar surface area (TPSA) is 67.8 Å². The fourth-order valence-electron chi connectivity index (χ4n) is 4.64. The van der Waals surface area contributed by atoms with Crippen LogP contribution in [0.2, 0.25) is 5.02 Å². The second-order valence-corrected chi connectivity index (χ2v) is 10.3. The number of benzene rings is 4. The van der Waals surface area contributed by atoms with E-state index >= 15 is 0 Å². The monoisotopic (exact) mass is 535 g/mol. The summed E-state index contributed by atoms with van der Waals surface area (Å²) in [4.78, 5) is 35.5. The highest BCUT2D eigenvalue weighted by molar-refractivity contribution is 7.99. The second kappa shape index (κ2) is 10.3. The maximum atomic E-state index is 13.7. The summed E-state index contributed by atoms with van der Waals surface area (Å²) in [5.74, 6) is 0. The van der Waals surface area contributed by atoms with E-state index < -0.39 is 0 Å². The fraction of sp³-hybridized carbons (Fsp3) is 0.0645. The Labute approximate surface area is 227 Å². The molecule has 6 rings (SSSR count). The molecule has 0 saturated heterocycles. The van der Waals surface area contributed by atoms with Gasteiger partial charge in [-0.3, -0.25) is 14.2 Å². The first-order chi connectivity index (χ1) is 18.6. The summed E-state index contributed by atoms with van der Waals surface area (Å²) < 4.78 is 1.68. The minimum atomic E-state index is -0.249. The first kappa shape index (κ1) is 24.2. The number of aromatic nitrogens is 3. The lowest BCUT2D eigenvalue weighted by atomic mass is 10.0. The molecule has 4 aromatic carbocycles. The van der Waals surface area contributed by atoms with Gasteiger partial charge in [-0.2, -0.15) is 0 Å². The number of rotatable bonds is 6. The number of halogens is 1. The third-order valence-electron chi connectivity index (χ3n) is 6.48. The molecule has 5 nitrogen and oxygen atoms in total.